The average Bonchev–Trinajstić information content (AvgIpc) is 4.11. The van der Waals surface area contributed by atoms with Gasteiger partial charge in [-0.05, 0) is 64.2 Å². The van der Waals surface area contributed by atoms with Crippen LogP contribution in [0.2, 0.25) is 0 Å². The van der Waals surface area contributed by atoms with Gasteiger partial charge >= 0.3 is 5.97 Å². The van der Waals surface area contributed by atoms with Crippen molar-refractivity contribution in [1.29, 1.82) is 0 Å². The first kappa shape index (κ1) is 44.8. The summed E-state index contributed by atoms with van der Waals surface area (Å²) in [5.74, 6) is -0.887. The number of carbonyl (C=O) groups excluding carboxylic acids is 3. The van der Waals surface area contributed by atoms with Gasteiger partial charge in [-0.3, -0.25) is 9.59 Å². The molecule has 0 spiro atoms. The zero-order valence-corrected chi connectivity index (χ0v) is 36.2. The topological polar surface area (TPSA) is 133 Å². The van der Waals surface area contributed by atoms with E-state index in [1.807, 2.05) is 72.8 Å². The van der Waals surface area contributed by atoms with E-state index in [-0.39, 0.29) is 30.6 Å². The van der Waals surface area contributed by atoms with Crippen molar-refractivity contribution in [2.24, 2.45) is 0 Å². The van der Waals surface area contributed by atoms with Crippen LogP contribution >= 0.6 is 0 Å². The number of amides is 2. The minimum absolute atomic E-state index is 0.101. The molecule has 0 bridgehead atoms. The van der Waals surface area contributed by atoms with Gasteiger partial charge in [0.2, 0.25) is 18.2 Å². The molecule has 1 N–H and O–H groups in total. The summed E-state index contributed by atoms with van der Waals surface area (Å²) in [6, 6.07) is 48.9. The summed E-state index contributed by atoms with van der Waals surface area (Å²) in [7, 11) is 0. The summed E-state index contributed by atoms with van der Waals surface area (Å²) >= 11 is 0. The minimum atomic E-state index is -2.22. The Morgan fingerprint density at radius 1 is 0.500 bits per heavy atom. The standard InChI is InChI=1S/C54H50N2O10/c57-51(55(27-25-49-61-29-30-62-49)36-40-13-4-1-5-14-40)44-19-10-17-42(33-44)38-65-48-24-12-23-47(35-48)54(60,46-21-8-3-9-22-46)53(59)66-39-43-18-11-20-45(34-43)52(58)56(28-26-50-63-31-32-64-50)37-41-15-6-2-7-16-41/h1-24,29-35,49-50,60H,25-28,36-39H2/t54-/m0/s1. The Balaban J connectivity index is 0.947. The average molecular weight is 887 g/mol. The summed E-state index contributed by atoms with van der Waals surface area (Å²) in [5, 5.41) is 12.4. The van der Waals surface area contributed by atoms with Gasteiger partial charge in [0.05, 0.1) is 0 Å². The number of aliphatic hydroxyl groups is 1. The molecular formula is C54H50N2O10. The molecule has 8 rings (SSSR count). The number of nitrogens with zero attached hydrogens (tertiary/aromatic N) is 2. The van der Waals surface area contributed by atoms with Gasteiger partial charge in [-0.2, -0.15) is 0 Å². The van der Waals surface area contributed by atoms with Gasteiger partial charge in [0.15, 0.2) is 0 Å². The van der Waals surface area contributed by atoms with Crippen molar-refractivity contribution in [2.45, 2.75) is 57.3 Å². The van der Waals surface area contributed by atoms with Crippen LogP contribution in [0.5, 0.6) is 5.75 Å². The van der Waals surface area contributed by atoms with E-state index in [0.29, 0.717) is 67.0 Å². The molecule has 6 aromatic carbocycles. The third-order valence-corrected chi connectivity index (χ3v) is 11.2. The summed E-state index contributed by atoms with van der Waals surface area (Å²) in [5.41, 5.74) is 2.48. The maximum atomic E-state index is 14.2. The highest BCUT2D eigenvalue weighted by Crippen LogP contribution is 2.34. The number of carbonyl (C=O) groups is 3. The van der Waals surface area contributed by atoms with Gasteiger partial charge in [-0.1, -0.05) is 127 Å². The second-order valence-electron chi connectivity index (χ2n) is 15.8. The first-order chi connectivity index (χ1) is 32.3. The third kappa shape index (κ3) is 11.5. The van der Waals surface area contributed by atoms with E-state index >= 15 is 0 Å². The fraction of sp³-hybridized carbons (Fsp3) is 0.204. The Bertz CT molecular complexity index is 2610. The van der Waals surface area contributed by atoms with Gasteiger partial charge < -0.3 is 43.3 Å². The molecule has 0 saturated heterocycles. The number of ether oxygens (including phenoxy) is 6. The van der Waals surface area contributed by atoms with Crippen LogP contribution < -0.4 is 4.74 Å². The predicted octanol–water partition coefficient (Wildman–Crippen LogP) is 9.00. The molecule has 1 atom stereocenters. The van der Waals surface area contributed by atoms with E-state index in [1.165, 1.54) is 25.0 Å². The van der Waals surface area contributed by atoms with Gasteiger partial charge in [-0.15, -0.1) is 0 Å². The number of hydrogen-bond donors (Lipinski definition) is 1. The zero-order chi connectivity index (χ0) is 45.6. The van der Waals surface area contributed by atoms with Crippen LogP contribution in [0.4, 0.5) is 0 Å². The second kappa shape index (κ2) is 21.7. The molecule has 66 heavy (non-hydrogen) atoms. The largest absolute Gasteiger partial charge is 0.489 e. The molecule has 2 aliphatic heterocycles. The predicted molar refractivity (Wildman–Crippen MR) is 245 cm³/mol. The van der Waals surface area contributed by atoms with Gasteiger partial charge in [-0.25, -0.2) is 4.79 Å². The first-order valence-electron chi connectivity index (χ1n) is 21.8. The maximum Gasteiger partial charge on any atom is 0.348 e. The van der Waals surface area contributed by atoms with Gasteiger partial charge in [0.25, 0.3) is 11.8 Å². The van der Waals surface area contributed by atoms with Crippen molar-refractivity contribution in [3.05, 3.63) is 233 Å². The molecule has 0 unspecified atom stereocenters. The SMILES string of the molecule is O=C(c1cccc(COC(=O)[C@](O)(c2ccccc2)c2cccc(OCc3cccc(C(=O)N(CCC4OC=CO4)Cc4ccccc4)c3)c2)c1)N(CCC1OC=CO1)Cc1ccccc1. The lowest BCUT2D eigenvalue weighted by Gasteiger charge is -2.27. The van der Waals surface area contributed by atoms with Gasteiger partial charge in [0, 0.05) is 55.7 Å². The fourth-order valence-corrected chi connectivity index (χ4v) is 7.72. The first-order valence-corrected chi connectivity index (χ1v) is 21.8. The Kier molecular flexibility index (Phi) is 14.7. The molecule has 0 fully saturated rings. The van der Waals surface area contributed by atoms with E-state index in [0.717, 1.165) is 16.7 Å². The van der Waals surface area contributed by atoms with Crippen molar-refractivity contribution in [3.63, 3.8) is 0 Å². The smallest absolute Gasteiger partial charge is 0.348 e. The quantitative estimate of drug-likeness (QED) is 0.0741. The molecule has 336 valence electrons. The van der Waals surface area contributed by atoms with Crippen molar-refractivity contribution in [1.82, 2.24) is 9.80 Å². The number of esters is 1. The van der Waals surface area contributed by atoms with Crippen LogP contribution in [0.1, 0.15) is 66.9 Å². The summed E-state index contributed by atoms with van der Waals surface area (Å²) in [4.78, 5) is 45.7. The Morgan fingerprint density at radius 2 is 0.939 bits per heavy atom. The molecule has 12 nitrogen and oxygen atoms in total. The van der Waals surface area contributed by atoms with Crippen LogP contribution in [0, 0.1) is 0 Å². The van der Waals surface area contributed by atoms with Crippen LogP contribution in [-0.4, -0.2) is 58.4 Å². The number of benzene rings is 6. The van der Waals surface area contributed by atoms with Crippen LogP contribution in [-0.2, 0) is 60.4 Å². The summed E-state index contributed by atoms with van der Waals surface area (Å²) in [6.07, 6.45) is 5.99. The highest BCUT2D eigenvalue weighted by molar-refractivity contribution is 5.95. The molecule has 2 heterocycles. The molecule has 0 aliphatic carbocycles. The van der Waals surface area contributed by atoms with Gasteiger partial charge in [0.1, 0.15) is 44.0 Å². The fourth-order valence-electron chi connectivity index (χ4n) is 7.72. The lowest BCUT2D eigenvalue weighted by molar-refractivity contribution is -0.163. The zero-order valence-electron chi connectivity index (χ0n) is 36.2. The molecule has 0 saturated carbocycles. The molecule has 0 radical (unpaired) electrons. The Labute approximate surface area is 383 Å². The summed E-state index contributed by atoms with van der Waals surface area (Å²) in [6.45, 7) is 1.45. The van der Waals surface area contributed by atoms with Crippen molar-refractivity contribution < 1.29 is 47.9 Å². The minimum Gasteiger partial charge on any atom is -0.489 e. The van der Waals surface area contributed by atoms with Crippen molar-refractivity contribution >= 4 is 17.8 Å². The van der Waals surface area contributed by atoms with Crippen molar-refractivity contribution in [3.8, 4) is 5.75 Å². The molecular weight excluding hydrogens is 837 g/mol. The maximum absolute atomic E-state index is 14.2. The molecule has 12 heteroatoms. The normalized spacial score (nSPS) is 14.0. The van der Waals surface area contributed by atoms with E-state index in [1.54, 1.807) is 101 Å². The van der Waals surface area contributed by atoms with E-state index in [9.17, 15) is 19.5 Å². The van der Waals surface area contributed by atoms with Crippen LogP contribution in [0.15, 0.2) is 189 Å². The molecule has 6 aromatic rings. The Morgan fingerprint density at radius 3 is 1.45 bits per heavy atom. The van der Waals surface area contributed by atoms with Crippen LogP contribution in [0.25, 0.3) is 0 Å². The van der Waals surface area contributed by atoms with Crippen LogP contribution in [0.3, 0.4) is 0 Å². The molecule has 2 aliphatic rings. The number of rotatable bonds is 20. The van der Waals surface area contributed by atoms with E-state index in [2.05, 4.69) is 0 Å². The monoisotopic (exact) mass is 886 g/mol. The van der Waals surface area contributed by atoms with E-state index in [4.69, 9.17) is 28.4 Å². The summed E-state index contributed by atoms with van der Waals surface area (Å²) < 4.78 is 33.9. The number of hydrogen-bond acceptors (Lipinski definition) is 10. The lowest BCUT2D eigenvalue weighted by Crippen LogP contribution is -2.38. The highest BCUT2D eigenvalue weighted by Gasteiger charge is 2.42. The second-order valence-corrected chi connectivity index (χ2v) is 15.8. The lowest BCUT2D eigenvalue weighted by atomic mass is 9.86. The molecule has 2 amide bonds. The molecule has 0 aromatic heterocycles. The third-order valence-electron chi connectivity index (χ3n) is 11.2. The Hall–Kier alpha value is -7.83. The van der Waals surface area contributed by atoms with Crippen molar-refractivity contribution in [2.75, 3.05) is 13.1 Å². The van der Waals surface area contributed by atoms with E-state index < -0.39 is 24.2 Å². The highest BCUT2D eigenvalue weighted by atomic mass is 16.7.